The number of guanidine groups is 2. The van der Waals surface area contributed by atoms with Crippen molar-refractivity contribution < 1.29 is 10.2 Å². The minimum absolute atomic E-state index is 0.177. The van der Waals surface area contributed by atoms with E-state index in [9.17, 15) is 10.2 Å². The molecular weight excluding hydrogens is 222 g/mol. The number of hydrogen-bond donors (Lipinski definition) is 5. The number of phenolic OH excluding ortho intramolecular Hbond substituents is 2. The summed E-state index contributed by atoms with van der Waals surface area (Å²) >= 11 is 0. The molecule has 17 heavy (non-hydrogen) atoms. The smallest absolute Gasteiger partial charge is 0.204 e. The van der Waals surface area contributed by atoms with Crippen molar-refractivity contribution in [2.24, 2.45) is 15.7 Å². The molecule has 90 valence electrons. The third-order valence-corrected chi connectivity index (χ3v) is 2.13. The highest BCUT2D eigenvalue weighted by Crippen LogP contribution is 2.27. The Bertz CT molecular complexity index is 497. The minimum Gasteiger partial charge on any atom is -0.504 e. The summed E-state index contributed by atoms with van der Waals surface area (Å²) in [7, 11) is 0. The average Bonchev–Trinajstić information content (AvgIpc) is 2.22. The standard InChI is InChI=1S/C10H13N5O2/c1-5-12-9(11)15-10(13-5)14-6-2-3-7(16)8(17)4-6/h2-5,16-17H,1H3,(H4,11,12,13,14,15). The van der Waals surface area contributed by atoms with E-state index in [4.69, 9.17) is 5.73 Å². The van der Waals surface area contributed by atoms with Gasteiger partial charge >= 0.3 is 0 Å². The van der Waals surface area contributed by atoms with Gasteiger partial charge in [-0.2, -0.15) is 0 Å². The number of nitrogens with two attached hydrogens (primary N) is 1. The van der Waals surface area contributed by atoms with E-state index < -0.39 is 0 Å². The zero-order valence-electron chi connectivity index (χ0n) is 9.18. The summed E-state index contributed by atoms with van der Waals surface area (Å²) in [5, 5.41) is 24.2. The molecule has 0 aliphatic carbocycles. The number of nitrogens with one attached hydrogen (secondary N) is 2. The Morgan fingerprint density at radius 2 is 2.06 bits per heavy atom. The summed E-state index contributed by atoms with van der Waals surface area (Å²) in [5.74, 6) is 0.331. The Kier molecular flexibility index (Phi) is 2.73. The molecule has 1 aliphatic rings. The van der Waals surface area contributed by atoms with Crippen LogP contribution in [-0.4, -0.2) is 28.3 Å². The van der Waals surface area contributed by atoms with Crippen LogP contribution in [0.4, 0.5) is 5.69 Å². The lowest BCUT2D eigenvalue weighted by Gasteiger charge is -2.17. The lowest BCUT2D eigenvalue weighted by molar-refractivity contribution is 0.404. The van der Waals surface area contributed by atoms with Crippen molar-refractivity contribution in [1.82, 2.24) is 5.32 Å². The Hall–Kier alpha value is -2.44. The van der Waals surface area contributed by atoms with Gasteiger partial charge in [0.1, 0.15) is 6.17 Å². The zero-order valence-corrected chi connectivity index (χ0v) is 9.18. The second-order valence-corrected chi connectivity index (χ2v) is 3.58. The van der Waals surface area contributed by atoms with Gasteiger partial charge in [-0.1, -0.05) is 0 Å². The maximum Gasteiger partial charge on any atom is 0.204 e. The molecule has 0 saturated heterocycles. The molecule has 0 fully saturated rings. The van der Waals surface area contributed by atoms with Crippen LogP contribution < -0.4 is 16.4 Å². The Morgan fingerprint density at radius 1 is 1.29 bits per heavy atom. The van der Waals surface area contributed by atoms with Gasteiger partial charge in [-0.05, 0) is 19.1 Å². The van der Waals surface area contributed by atoms with Crippen LogP contribution in [0.25, 0.3) is 0 Å². The molecule has 7 nitrogen and oxygen atoms in total. The molecule has 0 saturated carbocycles. The fourth-order valence-corrected chi connectivity index (χ4v) is 1.40. The SMILES string of the molecule is CC1N=C(N)NC(Nc2ccc(O)c(O)c2)=N1. The summed E-state index contributed by atoms with van der Waals surface area (Å²) in [6.07, 6.45) is -0.260. The average molecular weight is 235 g/mol. The third kappa shape index (κ3) is 2.57. The second kappa shape index (κ2) is 4.20. The molecule has 0 amide bonds. The van der Waals surface area contributed by atoms with Crippen molar-refractivity contribution in [2.45, 2.75) is 13.1 Å². The molecule has 1 heterocycles. The van der Waals surface area contributed by atoms with Gasteiger partial charge in [0, 0.05) is 11.8 Å². The molecule has 1 aromatic rings. The van der Waals surface area contributed by atoms with E-state index in [0.29, 0.717) is 11.6 Å². The number of rotatable bonds is 1. The van der Waals surface area contributed by atoms with Crippen LogP contribution in [-0.2, 0) is 0 Å². The number of anilines is 1. The lowest BCUT2D eigenvalue weighted by atomic mass is 10.3. The number of aliphatic imine (C=N–C) groups is 2. The molecule has 0 bridgehead atoms. The first-order chi connectivity index (χ1) is 8.04. The van der Waals surface area contributed by atoms with Crippen LogP contribution in [0.2, 0.25) is 0 Å². The number of hydrogen-bond acceptors (Lipinski definition) is 7. The van der Waals surface area contributed by atoms with Gasteiger partial charge in [0.05, 0.1) is 0 Å². The number of benzene rings is 1. The van der Waals surface area contributed by atoms with Crippen LogP contribution in [0.15, 0.2) is 28.2 Å². The van der Waals surface area contributed by atoms with E-state index in [-0.39, 0.29) is 23.6 Å². The summed E-state index contributed by atoms with van der Waals surface area (Å²) < 4.78 is 0. The largest absolute Gasteiger partial charge is 0.504 e. The monoisotopic (exact) mass is 235 g/mol. The van der Waals surface area contributed by atoms with Gasteiger partial charge in [0.2, 0.25) is 5.96 Å². The molecule has 0 spiro atoms. The molecule has 0 radical (unpaired) electrons. The Labute approximate surface area is 97.7 Å². The van der Waals surface area contributed by atoms with Gasteiger partial charge in [-0.15, -0.1) is 0 Å². The predicted octanol–water partition coefficient (Wildman–Crippen LogP) is 0.130. The van der Waals surface area contributed by atoms with E-state index >= 15 is 0 Å². The van der Waals surface area contributed by atoms with E-state index in [1.807, 2.05) is 0 Å². The lowest BCUT2D eigenvalue weighted by Crippen LogP contribution is -2.44. The first-order valence-electron chi connectivity index (χ1n) is 5.01. The second-order valence-electron chi connectivity index (χ2n) is 3.58. The quantitative estimate of drug-likeness (QED) is 0.350. The normalized spacial score (nSPS) is 19.0. The van der Waals surface area contributed by atoms with Crippen molar-refractivity contribution in [1.29, 1.82) is 0 Å². The summed E-state index contributed by atoms with van der Waals surface area (Å²) in [4.78, 5) is 8.14. The molecule has 2 rings (SSSR count). The highest BCUT2D eigenvalue weighted by molar-refractivity contribution is 6.05. The molecule has 1 atom stereocenters. The van der Waals surface area contributed by atoms with Crippen molar-refractivity contribution in [2.75, 3.05) is 5.32 Å². The highest BCUT2D eigenvalue weighted by atomic mass is 16.3. The number of aromatic hydroxyl groups is 2. The van der Waals surface area contributed by atoms with E-state index in [1.54, 1.807) is 13.0 Å². The summed E-state index contributed by atoms with van der Waals surface area (Å²) in [6, 6.07) is 4.36. The molecule has 1 aliphatic heterocycles. The number of nitrogens with zero attached hydrogens (tertiary/aromatic N) is 2. The fraction of sp³-hybridized carbons (Fsp3) is 0.200. The van der Waals surface area contributed by atoms with Gasteiger partial charge in [-0.3, -0.25) is 5.32 Å². The molecular formula is C10H13N5O2. The van der Waals surface area contributed by atoms with Crippen LogP contribution in [0, 0.1) is 0 Å². The van der Waals surface area contributed by atoms with Crippen molar-refractivity contribution in [3.05, 3.63) is 18.2 Å². The van der Waals surface area contributed by atoms with Gasteiger partial charge in [0.25, 0.3) is 0 Å². The Morgan fingerprint density at radius 3 is 2.71 bits per heavy atom. The maximum absolute atomic E-state index is 9.33. The molecule has 1 aromatic carbocycles. The van der Waals surface area contributed by atoms with Crippen LogP contribution in [0.3, 0.4) is 0 Å². The first kappa shape index (κ1) is 11.1. The van der Waals surface area contributed by atoms with Crippen molar-refractivity contribution >= 4 is 17.6 Å². The summed E-state index contributed by atoms with van der Waals surface area (Å²) in [6.45, 7) is 1.80. The van der Waals surface area contributed by atoms with E-state index in [1.165, 1.54) is 12.1 Å². The maximum atomic E-state index is 9.33. The Balaban J connectivity index is 2.14. The van der Waals surface area contributed by atoms with E-state index in [2.05, 4.69) is 20.6 Å². The highest BCUT2D eigenvalue weighted by Gasteiger charge is 2.11. The molecule has 6 N–H and O–H groups in total. The van der Waals surface area contributed by atoms with Crippen LogP contribution in [0.1, 0.15) is 6.92 Å². The van der Waals surface area contributed by atoms with Gasteiger partial charge < -0.3 is 21.3 Å². The minimum atomic E-state index is -0.260. The van der Waals surface area contributed by atoms with Crippen molar-refractivity contribution in [3.63, 3.8) is 0 Å². The van der Waals surface area contributed by atoms with Gasteiger partial charge in [-0.25, -0.2) is 9.98 Å². The third-order valence-electron chi connectivity index (χ3n) is 2.13. The molecule has 0 aromatic heterocycles. The predicted molar refractivity (Wildman–Crippen MR) is 65.0 cm³/mol. The molecule has 7 heteroatoms. The van der Waals surface area contributed by atoms with Crippen LogP contribution >= 0.6 is 0 Å². The van der Waals surface area contributed by atoms with Crippen LogP contribution in [0.5, 0.6) is 11.5 Å². The fourth-order valence-electron chi connectivity index (χ4n) is 1.40. The van der Waals surface area contributed by atoms with E-state index in [0.717, 1.165) is 0 Å². The zero-order chi connectivity index (χ0) is 12.4. The summed E-state index contributed by atoms with van der Waals surface area (Å²) in [5.41, 5.74) is 6.13. The topological polar surface area (TPSA) is 115 Å². The first-order valence-corrected chi connectivity index (χ1v) is 5.01. The number of phenols is 2. The van der Waals surface area contributed by atoms with Gasteiger partial charge in [0.15, 0.2) is 17.5 Å². The van der Waals surface area contributed by atoms with Crippen molar-refractivity contribution in [3.8, 4) is 11.5 Å². The molecule has 1 unspecified atom stereocenters.